The van der Waals surface area contributed by atoms with Crippen molar-refractivity contribution < 1.29 is 9.13 Å². The van der Waals surface area contributed by atoms with Crippen molar-refractivity contribution in [3.8, 4) is 5.88 Å². The first-order chi connectivity index (χ1) is 8.61. The van der Waals surface area contributed by atoms with Gasteiger partial charge in [-0.25, -0.2) is 9.37 Å². The molecule has 0 fully saturated rings. The summed E-state index contributed by atoms with van der Waals surface area (Å²) in [5.74, 6) is 0.425. The molecule has 1 aromatic carbocycles. The topological polar surface area (TPSA) is 73.1 Å². The van der Waals surface area contributed by atoms with Crippen LogP contribution in [0, 0.1) is 9.39 Å². The van der Waals surface area contributed by atoms with Gasteiger partial charge < -0.3 is 15.8 Å². The SMILES string of the molecule is COc1ncnc(Nc2ccc(F)cc2I)c1N. The summed E-state index contributed by atoms with van der Waals surface area (Å²) in [5.41, 5.74) is 6.85. The quantitative estimate of drug-likeness (QED) is 0.824. The Balaban J connectivity index is 2.34. The van der Waals surface area contributed by atoms with Gasteiger partial charge in [0.15, 0.2) is 5.82 Å². The van der Waals surface area contributed by atoms with E-state index in [2.05, 4.69) is 15.3 Å². The summed E-state index contributed by atoms with van der Waals surface area (Å²) >= 11 is 2.02. The van der Waals surface area contributed by atoms with Crippen molar-refractivity contribution >= 4 is 39.8 Å². The molecule has 0 atom stereocenters. The van der Waals surface area contributed by atoms with E-state index in [-0.39, 0.29) is 5.82 Å². The molecule has 0 unspecified atom stereocenters. The number of rotatable bonds is 3. The molecular weight excluding hydrogens is 350 g/mol. The Labute approximate surface area is 117 Å². The molecule has 2 aromatic rings. The number of hydrogen-bond acceptors (Lipinski definition) is 5. The van der Waals surface area contributed by atoms with E-state index in [9.17, 15) is 4.39 Å². The van der Waals surface area contributed by atoms with Crippen LogP contribution in [0.5, 0.6) is 5.88 Å². The molecule has 0 radical (unpaired) electrons. The molecule has 0 saturated heterocycles. The van der Waals surface area contributed by atoms with Crippen molar-refractivity contribution in [3.05, 3.63) is 33.9 Å². The molecule has 7 heteroatoms. The number of nitrogen functional groups attached to an aromatic ring is 1. The van der Waals surface area contributed by atoms with E-state index in [0.29, 0.717) is 23.1 Å². The highest BCUT2D eigenvalue weighted by molar-refractivity contribution is 14.1. The van der Waals surface area contributed by atoms with E-state index < -0.39 is 0 Å². The van der Waals surface area contributed by atoms with Gasteiger partial charge in [0.2, 0.25) is 5.88 Å². The monoisotopic (exact) mass is 360 g/mol. The first kappa shape index (κ1) is 12.8. The lowest BCUT2D eigenvalue weighted by atomic mass is 10.3. The fourth-order valence-corrected chi connectivity index (χ4v) is 1.97. The zero-order chi connectivity index (χ0) is 13.1. The molecular formula is C11H10FIN4O. The zero-order valence-electron chi connectivity index (χ0n) is 9.45. The fourth-order valence-electron chi connectivity index (χ4n) is 1.36. The van der Waals surface area contributed by atoms with Crippen LogP contribution in [-0.2, 0) is 0 Å². The third-order valence-electron chi connectivity index (χ3n) is 2.22. The van der Waals surface area contributed by atoms with Gasteiger partial charge in [0.1, 0.15) is 17.8 Å². The van der Waals surface area contributed by atoms with Crippen LogP contribution in [0.25, 0.3) is 0 Å². The number of nitrogens with two attached hydrogens (primary N) is 1. The minimum absolute atomic E-state index is 0.293. The Morgan fingerprint density at radius 2 is 2.17 bits per heavy atom. The minimum atomic E-state index is -0.293. The molecule has 3 N–H and O–H groups in total. The van der Waals surface area contributed by atoms with Crippen LogP contribution in [0.1, 0.15) is 0 Å². The van der Waals surface area contributed by atoms with Gasteiger partial charge >= 0.3 is 0 Å². The van der Waals surface area contributed by atoms with Gasteiger partial charge in [-0.3, -0.25) is 0 Å². The highest BCUT2D eigenvalue weighted by Crippen LogP contribution is 2.29. The maximum atomic E-state index is 13.0. The van der Waals surface area contributed by atoms with Gasteiger partial charge in [0.05, 0.1) is 12.8 Å². The van der Waals surface area contributed by atoms with Gasteiger partial charge in [-0.1, -0.05) is 0 Å². The van der Waals surface area contributed by atoms with Gasteiger partial charge in [-0.2, -0.15) is 4.98 Å². The van der Waals surface area contributed by atoms with Crippen molar-refractivity contribution in [2.75, 3.05) is 18.2 Å². The largest absolute Gasteiger partial charge is 0.479 e. The van der Waals surface area contributed by atoms with Crippen molar-refractivity contribution in [1.82, 2.24) is 9.97 Å². The third kappa shape index (κ3) is 2.61. The molecule has 94 valence electrons. The Morgan fingerprint density at radius 1 is 1.39 bits per heavy atom. The summed E-state index contributed by atoms with van der Waals surface area (Å²) < 4.78 is 18.7. The summed E-state index contributed by atoms with van der Waals surface area (Å²) in [6.45, 7) is 0. The molecule has 0 spiro atoms. The van der Waals surface area contributed by atoms with Crippen LogP contribution in [0.2, 0.25) is 0 Å². The maximum absolute atomic E-state index is 13.0. The molecule has 0 aliphatic carbocycles. The molecule has 1 heterocycles. The van der Waals surface area contributed by atoms with E-state index in [1.807, 2.05) is 22.6 Å². The van der Waals surface area contributed by atoms with Crippen molar-refractivity contribution in [2.45, 2.75) is 0 Å². The first-order valence-corrected chi connectivity index (χ1v) is 6.06. The Bertz CT molecular complexity index is 579. The zero-order valence-corrected chi connectivity index (χ0v) is 11.6. The minimum Gasteiger partial charge on any atom is -0.479 e. The smallest absolute Gasteiger partial charge is 0.242 e. The van der Waals surface area contributed by atoms with Gasteiger partial charge in [0, 0.05) is 3.57 Å². The number of nitrogens with one attached hydrogen (secondary N) is 1. The number of methoxy groups -OCH3 is 1. The van der Waals surface area contributed by atoms with E-state index in [0.717, 1.165) is 3.57 Å². The highest BCUT2D eigenvalue weighted by Gasteiger charge is 2.10. The number of ether oxygens (including phenoxy) is 1. The summed E-state index contributed by atoms with van der Waals surface area (Å²) in [7, 11) is 1.48. The lowest BCUT2D eigenvalue weighted by Crippen LogP contribution is -2.04. The van der Waals surface area contributed by atoms with Gasteiger partial charge in [-0.05, 0) is 40.8 Å². The molecule has 0 aliphatic rings. The number of aromatic nitrogens is 2. The number of halogens is 2. The molecule has 18 heavy (non-hydrogen) atoms. The molecule has 5 nitrogen and oxygen atoms in total. The second kappa shape index (κ2) is 5.34. The molecule has 0 saturated carbocycles. The predicted octanol–water partition coefficient (Wildman–Crippen LogP) is 2.55. The van der Waals surface area contributed by atoms with Crippen molar-refractivity contribution in [2.24, 2.45) is 0 Å². The molecule has 1 aromatic heterocycles. The maximum Gasteiger partial charge on any atom is 0.242 e. The molecule has 0 aliphatic heterocycles. The number of nitrogens with zero attached hydrogens (tertiary/aromatic N) is 2. The van der Waals surface area contributed by atoms with E-state index in [4.69, 9.17) is 10.5 Å². The van der Waals surface area contributed by atoms with Crippen LogP contribution in [0.4, 0.5) is 21.6 Å². The normalized spacial score (nSPS) is 10.2. The highest BCUT2D eigenvalue weighted by atomic mass is 127. The van der Waals surface area contributed by atoms with Crippen LogP contribution in [0.15, 0.2) is 24.5 Å². The summed E-state index contributed by atoms with van der Waals surface area (Å²) in [6.07, 6.45) is 1.34. The average molecular weight is 360 g/mol. The van der Waals surface area contributed by atoms with Gasteiger partial charge in [-0.15, -0.1) is 0 Å². The van der Waals surface area contributed by atoms with Crippen LogP contribution >= 0.6 is 22.6 Å². The Morgan fingerprint density at radius 3 is 2.83 bits per heavy atom. The average Bonchev–Trinajstić information content (AvgIpc) is 2.35. The van der Waals surface area contributed by atoms with Crippen LogP contribution in [-0.4, -0.2) is 17.1 Å². The number of hydrogen-bond donors (Lipinski definition) is 2. The predicted molar refractivity (Wildman–Crippen MR) is 75.4 cm³/mol. The lowest BCUT2D eigenvalue weighted by Gasteiger charge is -2.11. The molecule has 0 amide bonds. The Hall–Kier alpha value is -1.64. The summed E-state index contributed by atoms with van der Waals surface area (Å²) in [6, 6.07) is 4.39. The standard InChI is InChI=1S/C11H10FIN4O/c1-18-11-9(14)10(15-5-16-11)17-8-3-2-6(12)4-7(8)13/h2-5H,14H2,1H3,(H,15,16,17). The van der Waals surface area contributed by atoms with Crippen LogP contribution < -0.4 is 15.8 Å². The van der Waals surface area contributed by atoms with Gasteiger partial charge in [0.25, 0.3) is 0 Å². The van der Waals surface area contributed by atoms with E-state index >= 15 is 0 Å². The first-order valence-electron chi connectivity index (χ1n) is 4.98. The molecule has 0 bridgehead atoms. The van der Waals surface area contributed by atoms with Crippen LogP contribution in [0.3, 0.4) is 0 Å². The third-order valence-corrected chi connectivity index (χ3v) is 3.12. The van der Waals surface area contributed by atoms with Crippen molar-refractivity contribution in [3.63, 3.8) is 0 Å². The number of anilines is 3. The summed E-state index contributed by atoms with van der Waals surface area (Å²) in [5, 5.41) is 3.01. The summed E-state index contributed by atoms with van der Waals surface area (Å²) in [4.78, 5) is 7.90. The van der Waals surface area contributed by atoms with E-state index in [1.165, 1.54) is 25.6 Å². The fraction of sp³-hybridized carbons (Fsp3) is 0.0909. The number of benzene rings is 1. The Kier molecular flexibility index (Phi) is 3.80. The molecule has 2 rings (SSSR count). The second-order valence-corrected chi connectivity index (χ2v) is 4.56. The van der Waals surface area contributed by atoms with Crippen molar-refractivity contribution in [1.29, 1.82) is 0 Å². The second-order valence-electron chi connectivity index (χ2n) is 3.39. The van der Waals surface area contributed by atoms with E-state index in [1.54, 1.807) is 6.07 Å². The lowest BCUT2D eigenvalue weighted by molar-refractivity contribution is 0.399.